The first-order valence-corrected chi connectivity index (χ1v) is 8.42. The van der Waals surface area contributed by atoms with E-state index in [0.717, 1.165) is 18.8 Å². The lowest BCUT2D eigenvalue weighted by Crippen LogP contribution is -2.27. The Balaban J connectivity index is 2.02. The molecule has 8 heteroatoms. The Bertz CT molecular complexity index is 546. The van der Waals surface area contributed by atoms with Crippen LogP contribution in [-0.4, -0.2) is 19.9 Å². The monoisotopic (exact) mass is 348 g/mol. The van der Waals surface area contributed by atoms with Crippen molar-refractivity contribution < 1.29 is 8.42 Å². The van der Waals surface area contributed by atoms with E-state index in [9.17, 15) is 8.42 Å². The van der Waals surface area contributed by atoms with E-state index in [0.29, 0.717) is 11.0 Å². The molecule has 0 aliphatic heterocycles. The maximum atomic E-state index is 12.2. The molecule has 1 fully saturated rings. The number of nitrogen functional groups attached to an aromatic ring is 1. The molecule has 1 aliphatic rings. The number of nitrogens with zero attached hydrogens (tertiary/aromatic N) is 1. The zero-order valence-electron chi connectivity index (χ0n) is 10.4. The lowest BCUT2D eigenvalue weighted by atomic mass is 10.2. The third-order valence-corrected chi connectivity index (χ3v) is 4.93. The van der Waals surface area contributed by atoms with Gasteiger partial charge in [-0.1, -0.05) is 12.8 Å². The van der Waals surface area contributed by atoms with Gasteiger partial charge in [0.05, 0.1) is 0 Å². The number of hydrogen-bond donors (Lipinski definition) is 3. The number of nitrogens with one attached hydrogen (secondary N) is 2. The van der Waals surface area contributed by atoms with Crippen LogP contribution in [0.25, 0.3) is 0 Å². The highest BCUT2D eigenvalue weighted by atomic mass is 79.9. The van der Waals surface area contributed by atoms with E-state index < -0.39 is 10.0 Å². The van der Waals surface area contributed by atoms with Crippen LogP contribution < -0.4 is 16.0 Å². The van der Waals surface area contributed by atoms with E-state index in [1.165, 1.54) is 25.1 Å². The van der Waals surface area contributed by atoms with Gasteiger partial charge in [-0.15, -0.1) is 0 Å². The summed E-state index contributed by atoms with van der Waals surface area (Å²) < 4.78 is 27.5. The lowest BCUT2D eigenvalue weighted by molar-refractivity contribution is 0.572. The van der Waals surface area contributed by atoms with Gasteiger partial charge in [0.1, 0.15) is 4.90 Å². The molecule has 0 radical (unpaired) electrons. The standard InChI is InChI=1S/C11H17BrN4O2S/c12-9-6-10(11(16-13)14-7-9)19(17,18)15-5-1-2-8-3-4-8/h6-8,15H,1-5,13H2,(H,14,16). The number of rotatable bonds is 7. The summed E-state index contributed by atoms with van der Waals surface area (Å²) in [5.41, 5.74) is 2.30. The van der Waals surface area contributed by atoms with Crippen molar-refractivity contribution in [1.29, 1.82) is 0 Å². The molecular formula is C11H17BrN4O2S. The second kappa shape index (κ2) is 6.17. The van der Waals surface area contributed by atoms with Crippen LogP contribution in [0, 0.1) is 5.92 Å². The summed E-state index contributed by atoms with van der Waals surface area (Å²) >= 11 is 3.20. The van der Waals surface area contributed by atoms with Crippen molar-refractivity contribution in [1.82, 2.24) is 9.71 Å². The van der Waals surface area contributed by atoms with Crippen LogP contribution in [-0.2, 0) is 10.0 Å². The Morgan fingerprint density at radius 2 is 2.21 bits per heavy atom. The summed E-state index contributed by atoms with van der Waals surface area (Å²) in [5.74, 6) is 6.22. The van der Waals surface area contributed by atoms with Crippen molar-refractivity contribution in [2.45, 2.75) is 30.6 Å². The molecule has 4 N–H and O–H groups in total. The minimum atomic E-state index is -3.59. The lowest BCUT2D eigenvalue weighted by Gasteiger charge is -2.10. The first kappa shape index (κ1) is 14.7. The van der Waals surface area contributed by atoms with Crippen LogP contribution in [0.5, 0.6) is 0 Å². The molecule has 0 bridgehead atoms. The predicted octanol–water partition coefficient (Wildman–Crippen LogP) is 1.60. The minimum Gasteiger partial charge on any atom is -0.307 e. The van der Waals surface area contributed by atoms with E-state index in [-0.39, 0.29) is 10.7 Å². The van der Waals surface area contributed by atoms with Gasteiger partial charge in [-0.25, -0.2) is 24.0 Å². The van der Waals surface area contributed by atoms with Crippen molar-refractivity contribution in [3.05, 3.63) is 16.7 Å². The fourth-order valence-corrected chi connectivity index (χ4v) is 3.52. The number of pyridine rings is 1. The fourth-order valence-electron chi connectivity index (χ4n) is 1.82. The highest BCUT2D eigenvalue weighted by molar-refractivity contribution is 9.10. The van der Waals surface area contributed by atoms with E-state index in [1.807, 2.05) is 0 Å². The molecule has 0 spiro atoms. The number of anilines is 1. The summed E-state index contributed by atoms with van der Waals surface area (Å²) in [4.78, 5) is 3.98. The molecule has 6 nitrogen and oxygen atoms in total. The fraction of sp³-hybridized carbons (Fsp3) is 0.545. The van der Waals surface area contributed by atoms with Crippen LogP contribution in [0.1, 0.15) is 25.7 Å². The molecule has 19 heavy (non-hydrogen) atoms. The third kappa shape index (κ3) is 4.13. The van der Waals surface area contributed by atoms with Crippen LogP contribution in [0.3, 0.4) is 0 Å². The SMILES string of the molecule is NNc1ncc(Br)cc1S(=O)(=O)NCCCC1CC1. The molecule has 0 aromatic carbocycles. The van der Waals surface area contributed by atoms with Gasteiger partial charge >= 0.3 is 0 Å². The molecule has 106 valence electrons. The Labute approximate surface area is 121 Å². The Morgan fingerprint density at radius 1 is 1.47 bits per heavy atom. The minimum absolute atomic E-state index is 0.0517. The van der Waals surface area contributed by atoms with Crippen molar-refractivity contribution >= 4 is 31.8 Å². The molecule has 0 atom stereocenters. The maximum absolute atomic E-state index is 12.2. The summed E-state index contributed by atoms with van der Waals surface area (Å²) in [6.07, 6.45) is 5.99. The Hall–Kier alpha value is -0.700. The molecule has 0 saturated heterocycles. The molecule has 1 aliphatic carbocycles. The summed E-state index contributed by atoms with van der Waals surface area (Å²) in [6, 6.07) is 1.48. The van der Waals surface area contributed by atoms with Crippen molar-refractivity contribution in [2.24, 2.45) is 11.8 Å². The zero-order chi connectivity index (χ0) is 13.9. The molecular weight excluding hydrogens is 332 g/mol. The first-order valence-electron chi connectivity index (χ1n) is 6.15. The average molecular weight is 349 g/mol. The maximum Gasteiger partial charge on any atom is 0.244 e. The Kier molecular flexibility index (Phi) is 4.77. The van der Waals surface area contributed by atoms with E-state index in [1.54, 1.807) is 0 Å². The van der Waals surface area contributed by atoms with Gasteiger partial charge in [0, 0.05) is 17.2 Å². The summed E-state index contributed by atoms with van der Waals surface area (Å²) in [5, 5.41) is 0. The molecule has 1 aromatic heterocycles. The third-order valence-electron chi connectivity index (χ3n) is 3.02. The van der Waals surface area contributed by atoms with Crippen LogP contribution in [0.15, 0.2) is 21.6 Å². The van der Waals surface area contributed by atoms with Crippen molar-refractivity contribution in [2.75, 3.05) is 12.0 Å². The van der Waals surface area contributed by atoms with Crippen molar-refractivity contribution in [3.8, 4) is 0 Å². The van der Waals surface area contributed by atoms with Gasteiger partial charge in [-0.3, -0.25) is 0 Å². The number of hydrogen-bond acceptors (Lipinski definition) is 5. The smallest absolute Gasteiger partial charge is 0.244 e. The highest BCUT2D eigenvalue weighted by Crippen LogP contribution is 2.33. The van der Waals surface area contributed by atoms with Gasteiger partial charge in [0.15, 0.2) is 5.82 Å². The molecule has 2 rings (SSSR count). The van der Waals surface area contributed by atoms with Crippen LogP contribution in [0.4, 0.5) is 5.82 Å². The largest absolute Gasteiger partial charge is 0.307 e. The first-order chi connectivity index (χ1) is 9.03. The van der Waals surface area contributed by atoms with E-state index >= 15 is 0 Å². The van der Waals surface area contributed by atoms with E-state index in [2.05, 4.69) is 31.1 Å². The van der Waals surface area contributed by atoms with Gasteiger partial charge in [0.2, 0.25) is 10.0 Å². The van der Waals surface area contributed by atoms with Gasteiger partial charge < -0.3 is 5.43 Å². The van der Waals surface area contributed by atoms with Gasteiger partial charge in [0.25, 0.3) is 0 Å². The summed E-state index contributed by atoms with van der Waals surface area (Å²) in [6.45, 7) is 0.440. The molecule has 0 unspecified atom stereocenters. The topological polar surface area (TPSA) is 97.1 Å². The number of nitrogens with two attached hydrogens (primary N) is 1. The zero-order valence-corrected chi connectivity index (χ0v) is 12.8. The van der Waals surface area contributed by atoms with Crippen LogP contribution in [0.2, 0.25) is 0 Å². The number of hydrazine groups is 1. The average Bonchev–Trinajstić information content (AvgIpc) is 3.19. The predicted molar refractivity (Wildman–Crippen MR) is 76.9 cm³/mol. The number of aromatic nitrogens is 1. The van der Waals surface area contributed by atoms with Crippen molar-refractivity contribution in [3.63, 3.8) is 0 Å². The second-order valence-corrected chi connectivity index (χ2v) is 7.28. The highest BCUT2D eigenvalue weighted by Gasteiger charge is 2.22. The number of sulfonamides is 1. The van der Waals surface area contributed by atoms with Crippen LogP contribution >= 0.6 is 15.9 Å². The second-order valence-electron chi connectivity index (χ2n) is 4.63. The molecule has 1 heterocycles. The summed E-state index contributed by atoms with van der Waals surface area (Å²) in [7, 11) is -3.59. The molecule has 1 aromatic rings. The Morgan fingerprint density at radius 3 is 2.84 bits per heavy atom. The quantitative estimate of drug-likeness (QED) is 0.395. The molecule has 0 amide bonds. The number of halogens is 1. The van der Waals surface area contributed by atoms with Gasteiger partial charge in [-0.05, 0) is 40.8 Å². The molecule has 1 saturated carbocycles. The van der Waals surface area contributed by atoms with E-state index in [4.69, 9.17) is 5.84 Å². The normalized spacial score (nSPS) is 15.5. The van der Waals surface area contributed by atoms with Gasteiger partial charge in [-0.2, -0.15) is 0 Å².